The van der Waals surface area contributed by atoms with E-state index in [1.165, 1.54) is 0 Å². The Morgan fingerprint density at radius 1 is 1.20 bits per heavy atom. The minimum Gasteiger partial charge on any atom is -0.454 e. The molecule has 104 valence electrons. The fraction of sp³-hybridized carbons (Fsp3) is 0.267. The number of hydrogen-bond donors (Lipinski definition) is 1. The van der Waals surface area contributed by atoms with E-state index >= 15 is 0 Å². The van der Waals surface area contributed by atoms with Crippen LogP contribution in [0.25, 0.3) is 0 Å². The fourth-order valence-corrected chi connectivity index (χ4v) is 2.14. The number of ether oxygens (including phenoxy) is 2. The lowest BCUT2D eigenvalue weighted by Gasteiger charge is -2.06. The number of aromatic nitrogens is 1. The molecule has 0 bridgehead atoms. The van der Waals surface area contributed by atoms with Gasteiger partial charge in [-0.25, -0.2) is 0 Å². The van der Waals surface area contributed by atoms with Gasteiger partial charge in [0.2, 0.25) is 12.7 Å². The highest BCUT2D eigenvalue weighted by molar-refractivity contribution is 5.91. The van der Waals surface area contributed by atoms with Gasteiger partial charge >= 0.3 is 0 Å². The van der Waals surface area contributed by atoms with Gasteiger partial charge in [0.1, 0.15) is 0 Å². The first-order chi connectivity index (χ1) is 9.81. The third kappa shape index (κ3) is 2.93. The van der Waals surface area contributed by atoms with Crippen LogP contribution in [0.1, 0.15) is 12.8 Å². The first kappa shape index (κ1) is 12.6. The Hall–Kier alpha value is -2.43. The van der Waals surface area contributed by atoms with Crippen molar-refractivity contribution in [3.8, 4) is 11.5 Å². The highest BCUT2D eigenvalue weighted by Crippen LogP contribution is 2.34. The predicted molar refractivity (Wildman–Crippen MR) is 74.9 cm³/mol. The summed E-state index contributed by atoms with van der Waals surface area (Å²) in [6.45, 7) is 1.09. The number of amides is 1. The molecule has 1 N–H and O–H groups in total. The van der Waals surface area contributed by atoms with E-state index < -0.39 is 0 Å². The summed E-state index contributed by atoms with van der Waals surface area (Å²) >= 11 is 0. The molecule has 0 atom stereocenters. The van der Waals surface area contributed by atoms with Crippen molar-refractivity contribution in [1.29, 1.82) is 0 Å². The topological polar surface area (TPSA) is 52.5 Å². The molecule has 0 saturated heterocycles. The number of aryl methyl sites for hydroxylation is 1. The fourth-order valence-electron chi connectivity index (χ4n) is 2.14. The molecule has 1 aliphatic rings. The van der Waals surface area contributed by atoms with Gasteiger partial charge in [0.05, 0.1) is 0 Å². The van der Waals surface area contributed by atoms with Crippen molar-refractivity contribution < 1.29 is 14.3 Å². The first-order valence-electron chi connectivity index (χ1n) is 6.61. The van der Waals surface area contributed by atoms with Crippen molar-refractivity contribution in [1.82, 2.24) is 4.57 Å². The maximum atomic E-state index is 11.8. The molecule has 0 aliphatic carbocycles. The van der Waals surface area contributed by atoms with Gasteiger partial charge in [0.15, 0.2) is 11.5 Å². The second-order valence-electron chi connectivity index (χ2n) is 4.64. The lowest BCUT2D eigenvalue weighted by molar-refractivity contribution is -0.116. The molecule has 1 amide bonds. The summed E-state index contributed by atoms with van der Waals surface area (Å²) in [5, 5.41) is 2.87. The zero-order valence-corrected chi connectivity index (χ0v) is 11.0. The largest absolute Gasteiger partial charge is 0.454 e. The average Bonchev–Trinajstić information content (AvgIpc) is 3.08. The van der Waals surface area contributed by atoms with Gasteiger partial charge in [-0.1, -0.05) is 0 Å². The molecule has 20 heavy (non-hydrogen) atoms. The second kappa shape index (κ2) is 5.69. The number of fused-ring (bicyclic) bond motifs is 1. The quantitative estimate of drug-likeness (QED) is 0.910. The molecule has 0 spiro atoms. The number of carbonyl (C=O) groups is 1. The SMILES string of the molecule is O=C(CCCn1cccc1)Nc1ccc2c(c1)OCO2. The third-order valence-corrected chi connectivity index (χ3v) is 3.14. The Morgan fingerprint density at radius 3 is 2.85 bits per heavy atom. The molecular formula is C15H16N2O3. The molecular weight excluding hydrogens is 256 g/mol. The minimum absolute atomic E-state index is 0.0102. The van der Waals surface area contributed by atoms with Crippen LogP contribution in [0.15, 0.2) is 42.7 Å². The van der Waals surface area contributed by atoms with Crippen LogP contribution >= 0.6 is 0 Å². The zero-order valence-electron chi connectivity index (χ0n) is 11.0. The molecule has 1 aromatic heterocycles. The Morgan fingerprint density at radius 2 is 2.00 bits per heavy atom. The summed E-state index contributed by atoms with van der Waals surface area (Å²) < 4.78 is 12.6. The van der Waals surface area contributed by atoms with Gasteiger partial charge in [-0.2, -0.15) is 0 Å². The summed E-state index contributed by atoms with van der Waals surface area (Å²) in [6.07, 6.45) is 5.29. The van der Waals surface area contributed by atoms with E-state index in [0.29, 0.717) is 12.2 Å². The van der Waals surface area contributed by atoms with Crippen molar-refractivity contribution in [3.05, 3.63) is 42.7 Å². The summed E-state index contributed by atoms with van der Waals surface area (Å²) in [7, 11) is 0. The number of nitrogens with zero attached hydrogens (tertiary/aromatic N) is 1. The van der Waals surface area contributed by atoms with Gasteiger partial charge in [-0.3, -0.25) is 4.79 Å². The van der Waals surface area contributed by atoms with Gasteiger partial charge in [-0.05, 0) is 30.7 Å². The normalized spacial score (nSPS) is 12.4. The predicted octanol–water partition coefficient (Wildman–Crippen LogP) is 2.64. The summed E-state index contributed by atoms with van der Waals surface area (Å²) in [4.78, 5) is 11.8. The molecule has 5 nitrogen and oxygen atoms in total. The molecule has 1 aromatic carbocycles. The van der Waals surface area contributed by atoms with Crippen molar-refractivity contribution in [2.24, 2.45) is 0 Å². The molecule has 5 heteroatoms. The summed E-state index contributed by atoms with van der Waals surface area (Å²) in [6, 6.07) is 9.36. The van der Waals surface area contributed by atoms with E-state index in [4.69, 9.17) is 9.47 Å². The minimum atomic E-state index is 0.0102. The van der Waals surface area contributed by atoms with Crippen LogP contribution in [-0.4, -0.2) is 17.3 Å². The molecule has 2 aromatic rings. The van der Waals surface area contributed by atoms with Crippen LogP contribution in [0, 0.1) is 0 Å². The van der Waals surface area contributed by atoms with E-state index in [-0.39, 0.29) is 12.7 Å². The van der Waals surface area contributed by atoms with Crippen LogP contribution in [0.5, 0.6) is 11.5 Å². The van der Waals surface area contributed by atoms with E-state index in [1.807, 2.05) is 30.6 Å². The second-order valence-corrected chi connectivity index (χ2v) is 4.64. The van der Waals surface area contributed by atoms with Crippen LogP contribution in [0.3, 0.4) is 0 Å². The number of rotatable bonds is 5. The molecule has 0 radical (unpaired) electrons. The van der Waals surface area contributed by atoms with Crippen molar-refractivity contribution in [2.75, 3.05) is 12.1 Å². The summed E-state index contributed by atoms with van der Waals surface area (Å²) in [5.41, 5.74) is 0.736. The van der Waals surface area contributed by atoms with Gasteiger partial charge in [0, 0.05) is 37.1 Å². The lowest BCUT2D eigenvalue weighted by Crippen LogP contribution is -2.12. The standard InChI is InChI=1S/C15H16N2O3/c18-15(4-3-9-17-7-1-2-8-17)16-12-5-6-13-14(10-12)20-11-19-13/h1-2,5-8,10H,3-4,9,11H2,(H,16,18). The van der Waals surface area contributed by atoms with E-state index in [1.54, 1.807) is 12.1 Å². The maximum Gasteiger partial charge on any atom is 0.231 e. The molecule has 1 aliphatic heterocycles. The van der Waals surface area contributed by atoms with Gasteiger partial charge < -0.3 is 19.4 Å². The summed E-state index contributed by atoms with van der Waals surface area (Å²) in [5.74, 6) is 1.40. The molecule has 3 rings (SSSR count). The first-order valence-corrected chi connectivity index (χ1v) is 6.61. The Labute approximate surface area is 117 Å². The molecule has 0 unspecified atom stereocenters. The average molecular weight is 272 g/mol. The molecule has 2 heterocycles. The molecule has 0 fully saturated rings. The van der Waals surface area contributed by atoms with E-state index in [9.17, 15) is 4.79 Å². The maximum absolute atomic E-state index is 11.8. The van der Waals surface area contributed by atoms with Crippen molar-refractivity contribution in [2.45, 2.75) is 19.4 Å². The monoisotopic (exact) mass is 272 g/mol. The lowest BCUT2D eigenvalue weighted by atomic mass is 10.2. The van der Waals surface area contributed by atoms with Crippen LogP contribution in [0.4, 0.5) is 5.69 Å². The Kier molecular flexibility index (Phi) is 3.58. The highest BCUT2D eigenvalue weighted by atomic mass is 16.7. The molecule has 0 saturated carbocycles. The number of hydrogen-bond acceptors (Lipinski definition) is 3. The third-order valence-electron chi connectivity index (χ3n) is 3.14. The van der Waals surface area contributed by atoms with Crippen molar-refractivity contribution >= 4 is 11.6 Å². The number of benzene rings is 1. The smallest absolute Gasteiger partial charge is 0.231 e. The Bertz CT molecular complexity index is 593. The van der Waals surface area contributed by atoms with Crippen molar-refractivity contribution in [3.63, 3.8) is 0 Å². The number of anilines is 1. The number of nitrogens with one attached hydrogen (secondary N) is 1. The van der Waals surface area contributed by atoms with E-state index in [2.05, 4.69) is 9.88 Å². The number of carbonyl (C=O) groups excluding carboxylic acids is 1. The van der Waals surface area contributed by atoms with Crippen LogP contribution < -0.4 is 14.8 Å². The van der Waals surface area contributed by atoms with Crippen LogP contribution in [-0.2, 0) is 11.3 Å². The Balaban J connectivity index is 1.49. The highest BCUT2D eigenvalue weighted by Gasteiger charge is 2.13. The van der Waals surface area contributed by atoms with E-state index in [0.717, 1.165) is 24.4 Å². The zero-order chi connectivity index (χ0) is 13.8. The van der Waals surface area contributed by atoms with Crippen LogP contribution in [0.2, 0.25) is 0 Å². The van der Waals surface area contributed by atoms with Gasteiger partial charge in [0.25, 0.3) is 0 Å². The van der Waals surface area contributed by atoms with Gasteiger partial charge in [-0.15, -0.1) is 0 Å².